The Morgan fingerprint density at radius 3 is 1.97 bits per heavy atom. The van der Waals surface area contributed by atoms with Crippen LogP contribution in [0.25, 0.3) is 0 Å². The number of carbonyl (C=O) groups is 2. The van der Waals surface area contributed by atoms with Gasteiger partial charge in [0.05, 0.1) is 11.9 Å². The highest BCUT2D eigenvalue weighted by molar-refractivity contribution is 7.92. The van der Waals surface area contributed by atoms with Crippen LogP contribution in [-0.4, -0.2) is 51.0 Å². The molecule has 0 heterocycles. The topological polar surface area (TPSA) is 86.8 Å². The Morgan fingerprint density at radius 2 is 1.43 bits per heavy atom. The van der Waals surface area contributed by atoms with Gasteiger partial charge in [-0.25, -0.2) is 12.8 Å². The molecule has 3 rings (SSSR count). The van der Waals surface area contributed by atoms with Crippen molar-refractivity contribution in [2.24, 2.45) is 0 Å². The van der Waals surface area contributed by atoms with Gasteiger partial charge in [0.2, 0.25) is 21.8 Å². The van der Waals surface area contributed by atoms with Gasteiger partial charge in [-0.15, -0.1) is 0 Å². The molecule has 3 aromatic rings. The number of sulfonamides is 1. The maximum atomic E-state index is 14.5. The predicted molar refractivity (Wildman–Crippen MR) is 134 cm³/mol. The predicted octanol–water partition coefficient (Wildman–Crippen LogP) is 2.98. The maximum absolute atomic E-state index is 14.5. The number of amides is 2. The van der Waals surface area contributed by atoms with Crippen LogP contribution in [0.5, 0.6) is 0 Å². The Bertz CT molecular complexity index is 1250. The number of nitrogens with zero attached hydrogens (tertiary/aromatic N) is 2. The first kappa shape index (κ1) is 25.9. The highest BCUT2D eigenvalue weighted by Gasteiger charge is 2.33. The number of likely N-dealkylation sites (N-methyl/N-ethyl adjacent to an activating group) is 1. The summed E-state index contributed by atoms with van der Waals surface area (Å²) in [6, 6.07) is 22.7. The first-order chi connectivity index (χ1) is 16.7. The zero-order chi connectivity index (χ0) is 25.4. The molecule has 2 amide bonds. The molecule has 0 aliphatic heterocycles. The zero-order valence-corrected chi connectivity index (χ0v) is 20.4. The molecular formula is C26H28FN3O4S. The van der Waals surface area contributed by atoms with Crippen LogP contribution in [0.3, 0.4) is 0 Å². The fourth-order valence-electron chi connectivity index (χ4n) is 3.75. The molecular weight excluding hydrogens is 469 g/mol. The summed E-state index contributed by atoms with van der Waals surface area (Å²) in [7, 11) is -2.53. The number of hydrogen-bond donors (Lipinski definition) is 1. The molecule has 3 aromatic carbocycles. The lowest BCUT2D eigenvalue weighted by Gasteiger charge is -2.33. The fraction of sp³-hybridized carbons (Fsp3) is 0.231. The molecule has 35 heavy (non-hydrogen) atoms. The van der Waals surface area contributed by atoms with Gasteiger partial charge in [-0.1, -0.05) is 72.8 Å². The molecule has 7 nitrogen and oxygen atoms in total. The standard InChI is InChI=1S/C26H28FN3O4S/c1-28-26(32)24(17-20-11-5-3-6-12-20)29(18-21-13-7-4-8-14-21)25(31)19-30(35(2,33)34)23-16-10-9-15-22(23)27/h3-16,24H,17-19H2,1-2H3,(H,28,32)/t24-/m0/s1. The van der Waals surface area contributed by atoms with Gasteiger partial charge >= 0.3 is 0 Å². The number of nitrogens with one attached hydrogen (secondary N) is 1. The van der Waals surface area contributed by atoms with Crippen molar-refractivity contribution in [3.8, 4) is 0 Å². The third-order valence-electron chi connectivity index (χ3n) is 5.51. The molecule has 0 radical (unpaired) electrons. The van der Waals surface area contributed by atoms with Crippen LogP contribution >= 0.6 is 0 Å². The highest BCUT2D eigenvalue weighted by Crippen LogP contribution is 2.23. The van der Waals surface area contributed by atoms with E-state index in [4.69, 9.17) is 0 Å². The Morgan fingerprint density at radius 1 is 0.886 bits per heavy atom. The number of carbonyl (C=O) groups excluding carboxylic acids is 2. The minimum atomic E-state index is -4.01. The van der Waals surface area contributed by atoms with E-state index in [0.29, 0.717) is 0 Å². The molecule has 0 bridgehead atoms. The summed E-state index contributed by atoms with van der Waals surface area (Å²) >= 11 is 0. The van der Waals surface area contributed by atoms with Gasteiger partial charge in [0, 0.05) is 20.0 Å². The van der Waals surface area contributed by atoms with Crippen LogP contribution in [0.1, 0.15) is 11.1 Å². The molecule has 0 saturated heterocycles. The number of hydrogen-bond acceptors (Lipinski definition) is 4. The van der Waals surface area contributed by atoms with Crippen molar-refractivity contribution >= 4 is 27.5 Å². The first-order valence-electron chi connectivity index (χ1n) is 11.0. The molecule has 0 aliphatic carbocycles. The zero-order valence-electron chi connectivity index (χ0n) is 19.6. The summed E-state index contributed by atoms with van der Waals surface area (Å²) in [4.78, 5) is 28.0. The average Bonchev–Trinajstić information content (AvgIpc) is 2.85. The lowest BCUT2D eigenvalue weighted by molar-refractivity contribution is -0.139. The molecule has 0 unspecified atom stereocenters. The minimum Gasteiger partial charge on any atom is -0.357 e. The Hall–Kier alpha value is -3.72. The lowest BCUT2D eigenvalue weighted by Crippen LogP contribution is -2.53. The second-order valence-corrected chi connectivity index (χ2v) is 9.95. The first-order valence-corrected chi connectivity index (χ1v) is 12.9. The molecule has 0 spiro atoms. The normalized spacial score (nSPS) is 12.0. The van der Waals surface area contributed by atoms with E-state index in [-0.39, 0.29) is 18.7 Å². The Labute approximate surface area is 205 Å². The van der Waals surface area contributed by atoms with E-state index >= 15 is 0 Å². The summed E-state index contributed by atoms with van der Waals surface area (Å²) in [5.41, 5.74) is 1.36. The number of benzene rings is 3. The quantitative estimate of drug-likeness (QED) is 0.467. The molecule has 1 atom stereocenters. The van der Waals surface area contributed by atoms with Gasteiger partial charge in [0.1, 0.15) is 18.4 Å². The van der Waals surface area contributed by atoms with Crippen molar-refractivity contribution in [2.75, 3.05) is 24.2 Å². The molecule has 0 saturated carbocycles. The molecule has 0 aliphatic rings. The van der Waals surface area contributed by atoms with Crippen LogP contribution in [-0.2, 0) is 32.6 Å². The Kier molecular flexibility index (Phi) is 8.59. The monoisotopic (exact) mass is 497 g/mol. The van der Waals surface area contributed by atoms with E-state index in [0.717, 1.165) is 27.8 Å². The number of rotatable bonds is 10. The van der Waals surface area contributed by atoms with Gasteiger partial charge in [-0.05, 0) is 23.3 Å². The van der Waals surface area contributed by atoms with Crippen molar-refractivity contribution in [1.82, 2.24) is 10.2 Å². The summed E-state index contributed by atoms with van der Waals surface area (Å²) in [6.07, 6.45) is 1.13. The average molecular weight is 498 g/mol. The second-order valence-electron chi connectivity index (χ2n) is 8.05. The fourth-order valence-corrected chi connectivity index (χ4v) is 4.60. The van der Waals surface area contributed by atoms with E-state index in [9.17, 15) is 22.4 Å². The van der Waals surface area contributed by atoms with Gasteiger partial charge < -0.3 is 10.2 Å². The largest absolute Gasteiger partial charge is 0.357 e. The van der Waals surface area contributed by atoms with Crippen molar-refractivity contribution in [1.29, 1.82) is 0 Å². The van der Waals surface area contributed by atoms with Crippen LogP contribution in [0.2, 0.25) is 0 Å². The van der Waals surface area contributed by atoms with Gasteiger partial charge in [0.15, 0.2) is 0 Å². The lowest BCUT2D eigenvalue weighted by atomic mass is 10.0. The van der Waals surface area contributed by atoms with Gasteiger partial charge in [0.25, 0.3) is 0 Å². The summed E-state index contributed by atoms with van der Waals surface area (Å²) in [5, 5.41) is 2.61. The van der Waals surface area contributed by atoms with E-state index < -0.39 is 40.2 Å². The summed E-state index contributed by atoms with van der Waals surface area (Å²) < 4.78 is 40.4. The van der Waals surface area contributed by atoms with E-state index in [1.807, 2.05) is 60.7 Å². The molecule has 1 N–H and O–H groups in total. The molecule has 0 fully saturated rings. The Balaban J connectivity index is 2.01. The second kappa shape index (κ2) is 11.6. The smallest absolute Gasteiger partial charge is 0.244 e. The van der Waals surface area contributed by atoms with Gasteiger partial charge in [-0.3, -0.25) is 13.9 Å². The summed E-state index contributed by atoms with van der Waals surface area (Å²) in [5.74, 6) is -1.80. The van der Waals surface area contributed by atoms with Crippen LogP contribution in [0.15, 0.2) is 84.9 Å². The third-order valence-corrected chi connectivity index (χ3v) is 6.64. The highest BCUT2D eigenvalue weighted by atomic mass is 32.2. The summed E-state index contributed by atoms with van der Waals surface area (Å²) in [6.45, 7) is -0.589. The van der Waals surface area contributed by atoms with Crippen LogP contribution in [0, 0.1) is 5.82 Å². The number of para-hydroxylation sites is 1. The minimum absolute atomic E-state index is 0.0689. The van der Waals surface area contributed by atoms with E-state index in [1.54, 1.807) is 0 Å². The van der Waals surface area contributed by atoms with Crippen molar-refractivity contribution in [2.45, 2.75) is 19.0 Å². The van der Waals surface area contributed by atoms with E-state index in [2.05, 4.69) is 5.32 Å². The molecule has 0 aromatic heterocycles. The molecule has 184 valence electrons. The SMILES string of the molecule is CNC(=O)[C@H](Cc1ccccc1)N(Cc1ccccc1)C(=O)CN(c1ccccc1F)S(C)(=O)=O. The third kappa shape index (κ3) is 6.89. The van der Waals surface area contributed by atoms with Crippen LogP contribution in [0.4, 0.5) is 10.1 Å². The van der Waals surface area contributed by atoms with E-state index in [1.165, 1.54) is 30.1 Å². The van der Waals surface area contributed by atoms with Crippen LogP contribution < -0.4 is 9.62 Å². The molecule has 9 heteroatoms. The van der Waals surface area contributed by atoms with Crippen molar-refractivity contribution < 1.29 is 22.4 Å². The number of anilines is 1. The maximum Gasteiger partial charge on any atom is 0.244 e. The number of halogens is 1. The van der Waals surface area contributed by atoms with Crippen molar-refractivity contribution in [3.63, 3.8) is 0 Å². The van der Waals surface area contributed by atoms with Gasteiger partial charge in [-0.2, -0.15) is 0 Å². The van der Waals surface area contributed by atoms with Crippen molar-refractivity contribution in [3.05, 3.63) is 102 Å².